The maximum Gasteiger partial charge on any atom is 0.319 e. The second kappa shape index (κ2) is 7.70. The van der Waals surface area contributed by atoms with E-state index in [0.29, 0.717) is 12.2 Å². The Labute approximate surface area is 152 Å². The number of nitrogens with zero attached hydrogens (tertiary/aromatic N) is 1. The number of benzene rings is 1. The molecule has 1 aliphatic rings. The SMILES string of the molecule is CC(C)C(=O)N1CCCc2ccc(NC(=O)NCc3cccs3)cc21. The van der Waals surface area contributed by atoms with Crippen LogP contribution in [0.25, 0.3) is 0 Å². The fraction of sp³-hybridized carbons (Fsp3) is 0.368. The molecule has 132 valence electrons. The van der Waals surface area contributed by atoms with Crippen LogP contribution >= 0.6 is 11.3 Å². The molecule has 2 aromatic rings. The molecule has 5 nitrogen and oxygen atoms in total. The average molecular weight is 357 g/mol. The lowest BCUT2D eigenvalue weighted by Crippen LogP contribution is -2.38. The van der Waals surface area contributed by atoms with Crippen molar-refractivity contribution in [3.05, 3.63) is 46.2 Å². The van der Waals surface area contributed by atoms with Gasteiger partial charge in [-0.25, -0.2) is 4.79 Å². The molecule has 1 aromatic carbocycles. The first-order valence-electron chi connectivity index (χ1n) is 8.56. The number of carbonyl (C=O) groups is 2. The molecule has 6 heteroatoms. The van der Waals surface area contributed by atoms with Gasteiger partial charge in [-0.2, -0.15) is 0 Å². The Morgan fingerprint density at radius 2 is 2.12 bits per heavy atom. The zero-order valence-corrected chi connectivity index (χ0v) is 15.4. The molecule has 0 bridgehead atoms. The molecule has 3 rings (SSSR count). The molecule has 0 unspecified atom stereocenters. The van der Waals surface area contributed by atoms with Crippen LogP contribution in [-0.2, 0) is 17.8 Å². The quantitative estimate of drug-likeness (QED) is 0.869. The van der Waals surface area contributed by atoms with Gasteiger partial charge in [0.15, 0.2) is 0 Å². The number of hydrogen-bond acceptors (Lipinski definition) is 3. The highest BCUT2D eigenvalue weighted by molar-refractivity contribution is 7.09. The third-order valence-corrected chi connectivity index (χ3v) is 5.10. The standard InChI is InChI=1S/C19H23N3O2S/c1-13(2)18(23)22-9-3-5-14-7-8-15(11-17(14)22)21-19(24)20-12-16-6-4-10-25-16/h4,6-8,10-11,13H,3,5,9,12H2,1-2H3,(H2,20,21,24). The van der Waals surface area contributed by atoms with Gasteiger partial charge in [-0.1, -0.05) is 26.0 Å². The summed E-state index contributed by atoms with van der Waals surface area (Å²) >= 11 is 1.61. The number of aryl methyl sites for hydroxylation is 1. The van der Waals surface area contributed by atoms with Gasteiger partial charge in [0.25, 0.3) is 0 Å². The van der Waals surface area contributed by atoms with Crippen LogP contribution in [-0.4, -0.2) is 18.5 Å². The van der Waals surface area contributed by atoms with Crippen molar-refractivity contribution in [1.82, 2.24) is 5.32 Å². The Bertz CT molecular complexity index is 756. The second-order valence-electron chi connectivity index (χ2n) is 6.48. The lowest BCUT2D eigenvalue weighted by atomic mass is 9.99. The van der Waals surface area contributed by atoms with Gasteiger partial charge in [0, 0.05) is 28.7 Å². The van der Waals surface area contributed by atoms with Gasteiger partial charge in [0.2, 0.25) is 5.91 Å². The predicted molar refractivity (Wildman–Crippen MR) is 102 cm³/mol. The number of anilines is 2. The minimum absolute atomic E-state index is 0.0448. The monoisotopic (exact) mass is 357 g/mol. The summed E-state index contributed by atoms with van der Waals surface area (Å²) in [6, 6.07) is 9.50. The van der Waals surface area contributed by atoms with Crippen LogP contribution in [0, 0.1) is 5.92 Å². The van der Waals surface area contributed by atoms with E-state index in [9.17, 15) is 9.59 Å². The van der Waals surface area contributed by atoms with Crippen LogP contribution in [0.1, 0.15) is 30.7 Å². The number of fused-ring (bicyclic) bond motifs is 1. The molecular formula is C19H23N3O2S. The van der Waals surface area contributed by atoms with Crippen molar-refractivity contribution in [2.45, 2.75) is 33.2 Å². The Kier molecular flexibility index (Phi) is 5.38. The summed E-state index contributed by atoms with van der Waals surface area (Å²) < 4.78 is 0. The largest absolute Gasteiger partial charge is 0.333 e. The lowest BCUT2D eigenvalue weighted by molar-refractivity contribution is -0.121. The van der Waals surface area contributed by atoms with Crippen molar-refractivity contribution < 1.29 is 9.59 Å². The number of amides is 3. The molecule has 3 amide bonds. The summed E-state index contributed by atoms with van der Waals surface area (Å²) in [4.78, 5) is 27.5. The summed E-state index contributed by atoms with van der Waals surface area (Å²) in [5.41, 5.74) is 2.77. The zero-order chi connectivity index (χ0) is 17.8. The first kappa shape index (κ1) is 17.5. The number of carbonyl (C=O) groups excluding carboxylic acids is 2. The molecule has 0 atom stereocenters. The number of hydrogen-bond donors (Lipinski definition) is 2. The van der Waals surface area contributed by atoms with E-state index in [1.54, 1.807) is 11.3 Å². The van der Waals surface area contributed by atoms with Crippen molar-refractivity contribution >= 4 is 34.6 Å². The molecule has 0 saturated carbocycles. The molecule has 0 fully saturated rings. The Hall–Kier alpha value is -2.34. The Morgan fingerprint density at radius 3 is 2.84 bits per heavy atom. The maximum absolute atomic E-state index is 12.5. The average Bonchev–Trinajstić information content (AvgIpc) is 3.12. The van der Waals surface area contributed by atoms with E-state index in [1.165, 1.54) is 0 Å². The molecule has 2 heterocycles. The van der Waals surface area contributed by atoms with Crippen molar-refractivity contribution in [2.24, 2.45) is 5.92 Å². The smallest absolute Gasteiger partial charge is 0.319 e. The van der Waals surface area contributed by atoms with E-state index in [-0.39, 0.29) is 17.9 Å². The van der Waals surface area contributed by atoms with Gasteiger partial charge in [-0.15, -0.1) is 11.3 Å². The third-order valence-electron chi connectivity index (χ3n) is 4.23. The van der Waals surface area contributed by atoms with E-state index in [1.807, 2.05) is 54.5 Å². The van der Waals surface area contributed by atoms with Gasteiger partial charge in [-0.3, -0.25) is 4.79 Å². The first-order chi connectivity index (χ1) is 12.0. The van der Waals surface area contributed by atoms with E-state index in [0.717, 1.165) is 35.5 Å². The highest BCUT2D eigenvalue weighted by Crippen LogP contribution is 2.31. The maximum atomic E-state index is 12.5. The summed E-state index contributed by atoms with van der Waals surface area (Å²) in [6.45, 7) is 5.07. The fourth-order valence-electron chi connectivity index (χ4n) is 2.95. The molecule has 0 radical (unpaired) electrons. The summed E-state index contributed by atoms with van der Waals surface area (Å²) in [5.74, 6) is 0.0805. The summed E-state index contributed by atoms with van der Waals surface area (Å²) in [6.07, 6.45) is 1.93. The normalized spacial score (nSPS) is 13.5. The van der Waals surface area contributed by atoms with E-state index < -0.39 is 0 Å². The van der Waals surface area contributed by atoms with E-state index in [2.05, 4.69) is 10.6 Å². The highest BCUT2D eigenvalue weighted by atomic mass is 32.1. The van der Waals surface area contributed by atoms with Crippen LogP contribution in [0.15, 0.2) is 35.7 Å². The van der Waals surface area contributed by atoms with Crippen LogP contribution in [0.3, 0.4) is 0 Å². The van der Waals surface area contributed by atoms with Crippen LogP contribution in [0.5, 0.6) is 0 Å². The minimum Gasteiger partial charge on any atom is -0.333 e. The fourth-order valence-corrected chi connectivity index (χ4v) is 3.59. The van der Waals surface area contributed by atoms with Crippen molar-refractivity contribution in [3.8, 4) is 0 Å². The van der Waals surface area contributed by atoms with Crippen molar-refractivity contribution in [3.63, 3.8) is 0 Å². The molecule has 0 spiro atoms. The summed E-state index contributed by atoms with van der Waals surface area (Å²) in [7, 11) is 0. The molecule has 0 saturated heterocycles. The number of nitrogens with one attached hydrogen (secondary N) is 2. The van der Waals surface area contributed by atoms with E-state index >= 15 is 0 Å². The Morgan fingerprint density at radius 1 is 1.28 bits per heavy atom. The number of rotatable bonds is 4. The molecule has 0 aliphatic carbocycles. The highest BCUT2D eigenvalue weighted by Gasteiger charge is 2.24. The number of urea groups is 1. The summed E-state index contributed by atoms with van der Waals surface area (Å²) in [5, 5.41) is 7.69. The minimum atomic E-state index is -0.245. The van der Waals surface area contributed by atoms with Crippen LogP contribution in [0.2, 0.25) is 0 Å². The van der Waals surface area contributed by atoms with Gasteiger partial charge in [0.05, 0.1) is 6.54 Å². The molecule has 2 N–H and O–H groups in total. The van der Waals surface area contributed by atoms with Gasteiger partial charge in [-0.05, 0) is 42.0 Å². The van der Waals surface area contributed by atoms with Crippen LogP contribution in [0.4, 0.5) is 16.2 Å². The zero-order valence-electron chi connectivity index (χ0n) is 14.5. The van der Waals surface area contributed by atoms with Crippen LogP contribution < -0.4 is 15.5 Å². The molecule has 1 aliphatic heterocycles. The molecular weight excluding hydrogens is 334 g/mol. The van der Waals surface area contributed by atoms with E-state index in [4.69, 9.17) is 0 Å². The third kappa shape index (κ3) is 4.20. The molecule has 25 heavy (non-hydrogen) atoms. The van der Waals surface area contributed by atoms with Gasteiger partial charge >= 0.3 is 6.03 Å². The predicted octanol–water partition coefficient (Wildman–Crippen LogP) is 4.01. The lowest BCUT2D eigenvalue weighted by Gasteiger charge is -2.31. The van der Waals surface area contributed by atoms with Gasteiger partial charge < -0.3 is 15.5 Å². The number of thiophene rings is 1. The first-order valence-corrected chi connectivity index (χ1v) is 9.44. The Balaban J connectivity index is 1.70. The second-order valence-corrected chi connectivity index (χ2v) is 7.51. The van der Waals surface area contributed by atoms with Gasteiger partial charge in [0.1, 0.15) is 0 Å². The topological polar surface area (TPSA) is 61.4 Å². The van der Waals surface area contributed by atoms with Crippen molar-refractivity contribution in [2.75, 3.05) is 16.8 Å². The van der Waals surface area contributed by atoms with Crippen molar-refractivity contribution in [1.29, 1.82) is 0 Å². The molecule has 1 aromatic heterocycles.